The number of amides is 2. The summed E-state index contributed by atoms with van der Waals surface area (Å²) in [5, 5.41) is 18.5. The summed E-state index contributed by atoms with van der Waals surface area (Å²) >= 11 is 0. The molecule has 1 aliphatic heterocycles. The summed E-state index contributed by atoms with van der Waals surface area (Å²) in [5.74, 6) is -5.31. The van der Waals surface area contributed by atoms with Crippen LogP contribution < -0.4 is 0 Å². The molecule has 2 amide bonds. The Morgan fingerprint density at radius 1 is 1.05 bits per heavy atom. The van der Waals surface area contributed by atoms with E-state index in [0.29, 0.717) is 4.90 Å². The number of aliphatic carboxylic acids is 2. The third-order valence-corrected chi connectivity index (χ3v) is 3.40. The van der Waals surface area contributed by atoms with Gasteiger partial charge in [0.1, 0.15) is 0 Å². The largest absolute Gasteiger partial charge is 0.479 e. The molecule has 0 aliphatic carbocycles. The number of fused-ring (bicyclic) bond motifs is 1. The summed E-state index contributed by atoms with van der Waals surface area (Å²) in [6.07, 6.45) is -0.427. The molecule has 0 saturated carbocycles. The van der Waals surface area contributed by atoms with Crippen LogP contribution in [0.15, 0.2) is 24.3 Å². The summed E-state index contributed by atoms with van der Waals surface area (Å²) < 4.78 is 0. The van der Waals surface area contributed by atoms with Gasteiger partial charge in [0.25, 0.3) is 11.8 Å². The van der Waals surface area contributed by atoms with E-state index in [4.69, 9.17) is 0 Å². The number of imide groups is 1. The Morgan fingerprint density at radius 2 is 1.45 bits per heavy atom. The molecule has 0 bridgehead atoms. The minimum atomic E-state index is -2.59. The van der Waals surface area contributed by atoms with Crippen molar-refractivity contribution in [2.75, 3.05) is 0 Å². The zero-order valence-corrected chi connectivity index (χ0v) is 10.5. The van der Waals surface area contributed by atoms with Crippen molar-refractivity contribution >= 4 is 23.8 Å². The van der Waals surface area contributed by atoms with E-state index in [0.717, 1.165) is 0 Å². The molecule has 0 spiro atoms. The predicted octanol–water partition coefficient (Wildman–Crippen LogP) is 0.601. The molecule has 0 atom stereocenters. The van der Waals surface area contributed by atoms with Crippen LogP contribution in [-0.2, 0) is 9.59 Å². The zero-order valence-electron chi connectivity index (χ0n) is 10.5. The van der Waals surface area contributed by atoms with E-state index in [1.165, 1.54) is 31.2 Å². The number of carbonyl (C=O) groups excluding carboxylic acids is 2. The van der Waals surface area contributed by atoms with E-state index in [1.807, 2.05) is 0 Å². The zero-order chi connectivity index (χ0) is 15.1. The van der Waals surface area contributed by atoms with Crippen molar-refractivity contribution in [3.63, 3.8) is 0 Å². The normalized spacial score (nSPS) is 14.3. The van der Waals surface area contributed by atoms with Gasteiger partial charge in [0.05, 0.1) is 11.1 Å². The van der Waals surface area contributed by atoms with E-state index in [-0.39, 0.29) is 11.1 Å². The van der Waals surface area contributed by atoms with Gasteiger partial charge in [-0.3, -0.25) is 9.59 Å². The Morgan fingerprint density at radius 3 is 1.75 bits per heavy atom. The van der Waals surface area contributed by atoms with Crippen molar-refractivity contribution in [3.05, 3.63) is 35.4 Å². The standard InChI is InChI=1S/C13H11NO6/c1-2-13(11(17)18,12(19)20)14-9(15)7-5-3-4-6-8(7)10(14)16/h3-6H,2H2,1H3,(H,17,18)(H,19,20). The Kier molecular flexibility index (Phi) is 3.05. The lowest BCUT2D eigenvalue weighted by Crippen LogP contribution is -2.61. The molecule has 0 unspecified atom stereocenters. The molecule has 2 rings (SSSR count). The van der Waals surface area contributed by atoms with Gasteiger partial charge >= 0.3 is 11.9 Å². The van der Waals surface area contributed by atoms with Gasteiger partial charge in [-0.1, -0.05) is 19.1 Å². The molecule has 0 saturated heterocycles. The Labute approximate surface area is 113 Å². The van der Waals surface area contributed by atoms with E-state index in [1.54, 1.807) is 0 Å². The number of hydrogen-bond acceptors (Lipinski definition) is 4. The fourth-order valence-corrected chi connectivity index (χ4v) is 2.28. The highest BCUT2D eigenvalue weighted by atomic mass is 16.4. The average Bonchev–Trinajstić information content (AvgIpc) is 2.65. The first-order valence-electron chi connectivity index (χ1n) is 5.82. The maximum absolute atomic E-state index is 12.2. The number of hydrogen-bond donors (Lipinski definition) is 2. The maximum Gasteiger partial charge on any atom is 0.341 e. The number of carbonyl (C=O) groups is 4. The van der Waals surface area contributed by atoms with Crippen molar-refractivity contribution in [2.24, 2.45) is 0 Å². The smallest absolute Gasteiger partial charge is 0.341 e. The van der Waals surface area contributed by atoms with Gasteiger partial charge in [-0.15, -0.1) is 0 Å². The van der Waals surface area contributed by atoms with Crippen LogP contribution in [0.3, 0.4) is 0 Å². The number of nitrogens with zero attached hydrogens (tertiary/aromatic N) is 1. The molecule has 1 aliphatic rings. The first-order valence-corrected chi connectivity index (χ1v) is 5.82. The molecule has 7 nitrogen and oxygen atoms in total. The fraction of sp³-hybridized carbons (Fsp3) is 0.231. The highest BCUT2D eigenvalue weighted by molar-refractivity contribution is 6.26. The fourth-order valence-electron chi connectivity index (χ4n) is 2.28. The van der Waals surface area contributed by atoms with Gasteiger partial charge in [-0.2, -0.15) is 0 Å². The number of benzene rings is 1. The van der Waals surface area contributed by atoms with Crippen LogP contribution in [0.5, 0.6) is 0 Å². The summed E-state index contributed by atoms with van der Waals surface area (Å²) in [6.45, 7) is 1.30. The summed E-state index contributed by atoms with van der Waals surface area (Å²) in [7, 11) is 0. The number of carboxylic acids is 2. The monoisotopic (exact) mass is 277 g/mol. The van der Waals surface area contributed by atoms with Crippen LogP contribution in [0.2, 0.25) is 0 Å². The Balaban J connectivity index is 2.65. The minimum Gasteiger partial charge on any atom is -0.479 e. The highest BCUT2D eigenvalue weighted by Gasteiger charge is 2.58. The van der Waals surface area contributed by atoms with Crippen molar-refractivity contribution in [1.29, 1.82) is 0 Å². The van der Waals surface area contributed by atoms with Crippen LogP contribution in [0.1, 0.15) is 34.1 Å². The van der Waals surface area contributed by atoms with Crippen LogP contribution in [0, 0.1) is 0 Å². The molecule has 1 heterocycles. The molecular weight excluding hydrogens is 266 g/mol. The third-order valence-electron chi connectivity index (χ3n) is 3.40. The van der Waals surface area contributed by atoms with Crippen LogP contribution in [0.25, 0.3) is 0 Å². The Bertz CT molecular complexity index is 587. The molecule has 0 fully saturated rings. The first-order chi connectivity index (χ1) is 9.37. The SMILES string of the molecule is CCC(C(=O)O)(C(=O)O)N1C(=O)c2ccccc2C1=O. The van der Waals surface area contributed by atoms with Crippen molar-refractivity contribution in [2.45, 2.75) is 18.9 Å². The molecule has 1 aromatic rings. The summed E-state index contributed by atoms with van der Waals surface area (Å²) in [4.78, 5) is 47.5. The lowest BCUT2D eigenvalue weighted by molar-refractivity contribution is -0.164. The third kappa shape index (κ3) is 1.52. The van der Waals surface area contributed by atoms with E-state index >= 15 is 0 Å². The number of rotatable bonds is 4. The summed E-state index contributed by atoms with van der Waals surface area (Å²) in [5.41, 5.74) is -2.57. The van der Waals surface area contributed by atoms with Crippen molar-refractivity contribution in [1.82, 2.24) is 4.90 Å². The van der Waals surface area contributed by atoms with E-state index in [9.17, 15) is 29.4 Å². The van der Waals surface area contributed by atoms with Gasteiger partial charge in [-0.25, -0.2) is 14.5 Å². The highest BCUT2D eigenvalue weighted by Crippen LogP contribution is 2.32. The van der Waals surface area contributed by atoms with Crippen LogP contribution >= 0.6 is 0 Å². The Hall–Kier alpha value is -2.70. The topological polar surface area (TPSA) is 112 Å². The van der Waals surface area contributed by atoms with E-state index in [2.05, 4.69) is 0 Å². The molecule has 2 N–H and O–H groups in total. The minimum absolute atomic E-state index is 0.0119. The lowest BCUT2D eigenvalue weighted by Gasteiger charge is -2.31. The lowest BCUT2D eigenvalue weighted by atomic mass is 9.94. The molecule has 0 radical (unpaired) electrons. The van der Waals surface area contributed by atoms with Gasteiger partial charge < -0.3 is 10.2 Å². The van der Waals surface area contributed by atoms with Crippen LogP contribution in [-0.4, -0.2) is 44.4 Å². The second kappa shape index (κ2) is 4.44. The average molecular weight is 277 g/mol. The number of carboxylic acid groups (broad SMARTS) is 2. The van der Waals surface area contributed by atoms with Crippen molar-refractivity contribution < 1.29 is 29.4 Å². The quantitative estimate of drug-likeness (QED) is 0.615. The molecule has 1 aromatic carbocycles. The maximum atomic E-state index is 12.2. The van der Waals surface area contributed by atoms with Crippen LogP contribution in [0.4, 0.5) is 0 Å². The molecule has 7 heteroatoms. The molecule has 104 valence electrons. The predicted molar refractivity (Wildman–Crippen MR) is 65.2 cm³/mol. The second-order valence-corrected chi connectivity index (χ2v) is 4.32. The van der Waals surface area contributed by atoms with E-state index < -0.39 is 35.7 Å². The first kappa shape index (κ1) is 13.7. The van der Waals surface area contributed by atoms with Gasteiger partial charge in [-0.05, 0) is 18.6 Å². The van der Waals surface area contributed by atoms with Gasteiger partial charge in [0, 0.05) is 0 Å². The van der Waals surface area contributed by atoms with Gasteiger partial charge in [0.2, 0.25) is 5.54 Å². The van der Waals surface area contributed by atoms with Gasteiger partial charge in [0.15, 0.2) is 0 Å². The van der Waals surface area contributed by atoms with Crippen molar-refractivity contribution in [3.8, 4) is 0 Å². The second-order valence-electron chi connectivity index (χ2n) is 4.32. The molecule has 20 heavy (non-hydrogen) atoms. The molecular formula is C13H11NO6. The molecule has 0 aromatic heterocycles. The summed E-state index contributed by atoms with van der Waals surface area (Å²) in [6, 6.07) is 5.75.